The van der Waals surface area contributed by atoms with Gasteiger partial charge in [0, 0.05) is 6.61 Å². The van der Waals surface area contributed by atoms with Gasteiger partial charge >= 0.3 is 5.97 Å². The number of carbonyl (C=O) groups is 1. The lowest BCUT2D eigenvalue weighted by molar-refractivity contribution is 0.0492. The Morgan fingerprint density at radius 3 is 2.70 bits per heavy atom. The first-order valence-corrected chi connectivity index (χ1v) is 7.27. The maximum Gasteiger partial charge on any atom is 0.338 e. The van der Waals surface area contributed by atoms with Crippen LogP contribution in [0, 0.1) is 0 Å². The van der Waals surface area contributed by atoms with Crippen molar-refractivity contribution in [1.29, 1.82) is 0 Å². The van der Waals surface area contributed by atoms with Crippen LogP contribution in [0.1, 0.15) is 43.0 Å². The van der Waals surface area contributed by atoms with Crippen LogP contribution in [0.25, 0.3) is 0 Å². The van der Waals surface area contributed by atoms with Gasteiger partial charge in [-0.25, -0.2) is 4.79 Å². The van der Waals surface area contributed by atoms with Crippen molar-refractivity contribution in [3.8, 4) is 5.75 Å². The normalized spacial score (nSPS) is 10.3. The molecule has 0 atom stereocenters. The number of benzene rings is 1. The van der Waals surface area contributed by atoms with Gasteiger partial charge in [0.05, 0.1) is 23.8 Å². The van der Waals surface area contributed by atoms with E-state index in [2.05, 4.69) is 6.92 Å². The first kappa shape index (κ1) is 16.8. The fourth-order valence-corrected chi connectivity index (χ4v) is 1.77. The molecule has 0 saturated carbocycles. The predicted octanol–water partition coefficient (Wildman–Crippen LogP) is 3.45. The lowest BCUT2D eigenvalue weighted by atomic mass is 10.2. The number of hydrogen-bond acceptors (Lipinski definition) is 4. The number of hydrogen-bond donors (Lipinski definition) is 1. The summed E-state index contributed by atoms with van der Waals surface area (Å²) in [5, 5.41) is 9.04. The second-order valence-electron chi connectivity index (χ2n) is 4.41. The standard InChI is InChI=1S/C15H21ClO4/c1-2-3-9-19-14-7-6-12(11-13(14)16)15(18)20-10-5-4-8-17/h6-7,11,17H,2-5,8-10H2,1H3. The molecule has 0 aromatic heterocycles. The van der Waals surface area contributed by atoms with Crippen LogP contribution in [0.3, 0.4) is 0 Å². The van der Waals surface area contributed by atoms with Gasteiger partial charge in [0.2, 0.25) is 0 Å². The van der Waals surface area contributed by atoms with Crippen LogP contribution in [-0.4, -0.2) is 30.9 Å². The average molecular weight is 301 g/mol. The summed E-state index contributed by atoms with van der Waals surface area (Å²) in [7, 11) is 0. The molecular formula is C15H21ClO4. The minimum Gasteiger partial charge on any atom is -0.492 e. The van der Waals surface area contributed by atoms with Crippen molar-refractivity contribution in [3.05, 3.63) is 28.8 Å². The minimum atomic E-state index is -0.412. The van der Waals surface area contributed by atoms with Crippen molar-refractivity contribution in [3.63, 3.8) is 0 Å². The monoisotopic (exact) mass is 300 g/mol. The van der Waals surface area contributed by atoms with Crippen molar-refractivity contribution in [2.24, 2.45) is 0 Å². The van der Waals surface area contributed by atoms with Crippen LogP contribution in [0.4, 0.5) is 0 Å². The predicted molar refractivity (Wildman–Crippen MR) is 78.5 cm³/mol. The summed E-state index contributed by atoms with van der Waals surface area (Å²) in [6.07, 6.45) is 3.28. The maximum atomic E-state index is 11.7. The Bertz CT molecular complexity index is 420. The van der Waals surface area contributed by atoms with E-state index in [4.69, 9.17) is 26.2 Å². The quantitative estimate of drug-likeness (QED) is 0.560. The van der Waals surface area contributed by atoms with Gasteiger partial charge in [0.25, 0.3) is 0 Å². The van der Waals surface area contributed by atoms with E-state index in [-0.39, 0.29) is 6.61 Å². The van der Waals surface area contributed by atoms with Crippen LogP contribution < -0.4 is 4.74 Å². The molecule has 112 valence electrons. The molecule has 0 amide bonds. The van der Waals surface area contributed by atoms with Gasteiger partial charge in [-0.15, -0.1) is 0 Å². The molecule has 1 aromatic rings. The SMILES string of the molecule is CCCCOc1ccc(C(=O)OCCCCO)cc1Cl. The molecule has 4 nitrogen and oxygen atoms in total. The van der Waals surface area contributed by atoms with Crippen LogP contribution in [0.15, 0.2) is 18.2 Å². The average Bonchev–Trinajstić information content (AvgIpc) is 2.45. The summed E-state index contributed by atoms with van der Waals surface area (Å²) in [6, 6.07) is 4.88. The van der Waals surface area contributed by atoms with Gasteiger partial charge in [-0.1, -0.05) is 24.9 Å². The van der Waals surface area contributed by atoms with E-state index in [9.17, 15) is 4.79 Å². The Morgan fingerprint density at radius 2 is 2.05 bits per heavy atom. The minimum absolute atomic E-state index is 0.104. The third-order valence-electron chi connectivity index (χ3n) is 2.71. The van der Waals surface area contributed by atoms with Crippen LogP contribution in [0.5, 0.6) is 5.75 Å². The zero-order chi connectivity index (χ0) is 14.8. The van der Waals surface area contributed by atoms with E-state index < -0.39 is 5.97 Å². The molecule has 0 radical (unpaired) electrons. The van der Waals surface area contributed by atoms with Crippen molar-refractivity contribution < 1.29 is 19.4 Å². The summed E-state index contributed by atoms with van der Waals surface area (Å²) in [5.74, 6) is 0.168. The molecule has 0 bridgehead atoms. The fraction of sp³-hybridized carbons (Fsp3) is 0.533. The van der Waals surface area contributed by atoms with E-state index in [1.54, 1.807) is 18.2 Å². The topological polar surface area (TPSA) is 55.8 Å². The van der Waals surface area contributed by atoms with E-state index in [1.165, 1.54) is 0 Å². The van der Waals surface area contributed by atoms with Crippen LogP contribution >= 0.6 is 11.6 Å². The van der Waals surface area contributed by atoms with Crippen molar-refractivity contribution in [2.75, 3.05) is 19.8 Å². The largest absolute Gasteiger partial charge is 0.492 e. The molecular weight excluding hydrogens is 280 g/mol. The summed E-state index contributed by atoms with van der Waals surface area (Å²) in [5.41, 5.74) is 0.404. The number of carbonyl (C=O) groups excluding carboxylic acids is 1. The molecule has 1 N–H and O–H groups in total. The highest BCUT2D eigenvalue weighted by molar-refractivity contribution is 6.32. The molecule has 1 rings (SSSR count). The Morgan fingerprint density at radius 1 is 1.25 bits per heavy atom. The first-order chi connectivity index (χ1) is 9.69. The molecule has 0 heterocycles. The molecule has 5 heteroatoms. The smallest absolute Gasteiger partial charge is 0.338 e. The summed E-state index contributed by atoms with van der Waals surface area (Å²) < 4.78 is 10.6. The number of ether oxygens (including phenoxy) is 2. The van der Waals surface area contributed by atoms with Crippen LogP contribution in [-0.2, 0) is 4.74 Å². The molecule has 1 aromatic carbocycles. The Labute approximate surface area is 124 Å². The summed E-state index contributed by atoms with van der Waals surface area (Å²) in [6.45, 7) is 3.10. The first-order valence-electron chi connectivity index (χ1n) is 6.89. The van der Waals surface area contributed by atoms with Crippen molar-refractivity contribution in [1.82, 2.24) is 0 Å². The van der Waals surface area contributed by atoms with Gasteiger partial charge in [0.15, 0.2) is 0 Å². The van der Waals surface area contributed by atoms with Crippen molar-refractivity contribution in [2.45, 2.75) is 32.6 Å². The lowest BCUT2D eigenvalue weighted by Crippen LogP contribution is -2.07. The Kier molecular flexibility index (Phi) is 8.07. The number of aliphatic hydroxyl groups is 1. The molecule has 0 saturated heterocycles. The molecule has 0 aliphatic rings. The second-order valence-corrected chi connectivity index (χ2v) is 4.82. The number of aliphatic hydroxyl groups excluding tert-OH is 1. The zero-order valence-corrected chi connectivity index (χ0v) is 12.5. The molecule has 0 unspecified atom stereocenters. The van der Waals surface area contributed by atoms with Crippen LogP contribution in [0.2, 0.25) is 5.02 Å². The van der Waals surface area contributed by atoms with Gasteiger partial charge in [-0.2, -0.15) is 0 Å². The zero-order valence-electron chi connectivity index (χ0n) is 11.7. The Hall–Kier alpha value is -1.26. The number of esters is 1. The number of unbranched alkanes of at least 4 members (excludes halogenated alkanes) is 2. The molecule has 0 aliphatic carbocycles. The van der Waals surface area contributed by atoms with Gasteiger partial charge in [-0.05, 0) is 37.5 Å². The fourth-order valence-electron chi connectivity index (χ4n) is 1.53. The molecule has 0 spiro atoms. The third-order valence-corrected chi connectivity index (χ3v) is 3.00. The van der Waals surface area contributed by atoms with Gasteiger partial charge < -0.3 is 14.6 Å². The number of halogens is 1. The van der Waals surface area contributed by atoms with E-state index in [0.29, 0.717) is 42.4 Å². The maximum absolute atomic E-state index is 11.7. The van der Waals surface area contributed by atoms with Crippen molar-refractivity contribution >= 4 is 17.6 Å². The summed E-state index contributed by atoms with van der Waals surface area (Å²) >= 11 is 6.07. The summed E-state index contributed by atoms with van der Waals surface area (Å²) in [4.78, 5) is 11.7. The highest BCUT2D eigenvalue weighted by Crippen LogP contribution is 2.26. The Balaban J connectivity index is 2.50. The third kappa shape index (κ3) is 5.80. The van der Waals surface area contributed by atoms with E-state index in [0.717, 1.165) is 12.8 Å². The van der Waals surface area contributed by atoms with Gasteiger partial charge in [0.1, 0.15) is 5.75 Å². The van der Waals surface area contributed by atoms with Gasteiger partial charge in [-0.3, -0.25) is 0 Å². The van der Waals surface area contributed by atoms with E-state index >= 15 is 0 Å². The lowest BCUT2D eigenvalue weighted by Gasteiger charge is -2.09. The second kappa shape index (κ2) is 9.61. The molecule has 0 aliphatic heterocycles. The highest BCUT2D eigenvalue weighted by atomic mass is 35.5. The molecule has 0 fully saturated rings. The van der Waals surface area contributed by atoms with E-state index in [1.807, 2.05) is 0 Å². The molecule has 20 heavy (non-hydrogen) atoms. The number of rotatable bonds is 9. The highest BCUT2D eigenvalue weighted by Gasteiger charge is 2.10.